The number of rotatable bonds is 7. The maximum absolute atomic E-state index is 12.3. The zero-order chi connectivity index (χ0) is 23.4. The molecule has 2 heterocycles. The molecule has 1 aliphatic rings. The van der Waals surface area contributed by atoms with Crippen molar-refractivity contribution >= 4 is 25.1 Å². The fraction of sp³-hybridized carbons (Fsp3) is 0.391. The highest BCUT2D eigenvalue weighted by atomic mass is 16.7. The Hall–Kier alpha value is -2.88. The van der Waals surface area contributed by atoms with Crippen LogP contribution in [0.25, 0.3) is 6.08 Å². The number of nitrogens with zero attached hydrogens (tertiary/aromatic N) is 1. The lowest BCUT2D eigenvalue weighted by Gasteiger charge is -2.32. The number of aliphatic hydroxyl groups excluding tert-OH is 1. The van der Waals surface area contributed by atoms with Gasteiger partial charge in [-0.3, -0.25) is 0 Å². The highest BCUT2D eigenvalue weighted by molar-refractivity contribution is 6.56. The van der Waals surface area contributed by atoms with Crippen molar-refractivity contribution in [2.75, 3.05) is 12.3 Å². The van der Waals surface area contributed by atoms with Crippen LogP contribution >= 0.6 is 0 Å². The van der Waals surface area contributed by atoms with Gasteiger partial charge in [0, 0.05) is 18.3 Å². The van der Waals surface area contributed by atoms with Crippen molar-refractivity contribution in [2.24, 2.45) is 0 Å². The summed E-state index contributed by atoms with van der Waals surface area (Å²) in [7, 11) is -0.676. The SMILES string of the molecule is CC1(C)OB(C(=Cc2cnc(N)c(CO)c2)CNC(=O)OCc2ccccc2)OC1(C)C. The van der Waals surface area contributed by atoms with Crippen LogP contribution in [0.2, 0.25) is 0 Å². The zero-order valence-corrected chi connectivity index (χ0v) is 18.9. The number of alkyl carbamates (subject to hydrolysis) is 1. The number of benzene rings is 1. The van der Waals surface area contributed by atoms with Crippen LogP contribution in [0.5, 0.6) is 0 Å². The predicted molar refractivity (Wildman–Crippen MR) is 123 cm³/mol. The average molecular weight is 439 g/mol. The van der Waals surface area contributed by atoms with E-state index in [9.17, 15) is 9.90 Å². The van der Waals surface area contributed by atoms with Crippen LogP contribution in [0.4, 0.5) is 10.6 Å². The molecule has 1 aliphatic heterocycles. The number of hydrogen-bond acceptors (Lipinski definition) is 7. The molecule has 3 rings (SSSR count). The Morgan fingerprint density at radius 2 is 1.88 bits per heavy atom. The van der Waals surface area contributed by atoms with Crippen LogP contribution in [0.3, 0.4) is 0 Å². The third kappa shape index (κ3) is 5.67. The van der Waals surface area contributed by atoms with Crippen molar-refractivity contribution in [1.29, 1.82) is 0 Å². The Morgan fingerprint density at radius 1 is 1.22 bits per heavy atom. The fourth-order valence-electron chi connectivity index (χ4n) is 3.10. The number of nitrogens with two attached hydrogens (primary N) is 1. The highest BCUT2D eigenvalue weighted by Crippen LogP contribution is 2.38. The second-order valence-corrected chi connectivity index (χ2v) is 8.69. The number of carbonyl (C=O) groups excluding carboxylic acids is 1. The van der Waals surface area contributed by atoms with Gasteiger partial charge in [-0.05, 0) is 50.4 Å². The third-order valence-electron chi connectivity index (χ3n) is 5.75. The molecule has 0 unspecified atom stereocenters. The van der Waals surface area contributed by atoms with E-state index >= 15 is 0 Å². The van der Waals surface area contributed by atoms with Crippen molar-refractivity contribution in [3.63, 3.8) is 0 Å². The maximum atomic E-state index is 12.3. The van der Waals surface area contributed by atoms with Gasteiger partial charge in [-0.1, -0.05) is 36.4 Å². The molecular formula is C23H30BN3O5. The van der Waals surface area contributed by atoms with Crippen molar-refractivity contribution < 1.29 is 23.9 Å². The first kappa shape index (κ1) is 23.8. The van der Waals surface area contributed by atoms with Gasteiger partial charge in [0.15, 0.2) is 0 Å². The molecule has 170 valence electrons. The number of nitrogens with one attached hydrogen (secondary N) is 1. The number of carbonyl (C=O) groups is 1. The van der Waals surface area contributed by atoms with E-state index < -0.39 is 24.4 Å². The molecule has 0 bridgehead atoms. The lowest BCUT2D eigenvalue weighted by molar-refractivity contribution is 0.00578. The van der Waals surface area contributed by atoms with Crippen LogP contribution < -0.4 is 11.1 Å². The van der Waals surface area contributed by atoms with E-state index in [4.69, 9.17) is 19.8 Å². The van der Waals surface area contributed by atoms with Crippen LogP contribution in [-0.4, -0.2) is 41.0 Å². The van der Waals surface area contributed by atoms with Gasteiger partial charge in [-0.15, -0.1) is 0 Å². The van der Waals surface area contributed by atoms with Gasteiger partial charge < -0.3 is 30.2 Å². The number of pyridine rings is 1. The van der Waals surface area contributed by atoms with E-state index in [1.165, 1.54) is 0 Å². The summed E-state index contributed by atoms with van der Waals surface area (Å²) in [5.74, 6) is 0.268. The normalized spacial score (nSPS) is 17.3. The molecule has 0 aliphatic carbocycles. The highest BCUT2D eigenvalue weighted by Gasteiger charge is 2.52. The number of aliphatic hydroxyl groups is 1. The summed E-state index contributed by atoms with van der Waals surface area (Å²) in [5, 5.41) is 12.3. The van der Waals surface area contributed by atoms with Crippen LogP contribution in [0.1, 0.15) is 44.4 Å². The minimum atomic E-state index is -0.676. The summed E-state index contributed by atoms with van der Waals surface area (Å²) >= 11 is 0. The van der Waals surface area contributed by atoms with Crippen molar-refractivity contribution in [3.8, 4) is 0 Å². The molecule has 1 amide bonds. The number of ether oxygens (including phenoxy) is 1. The summed E-state index contributed by atoms with van der Waals surface area (Å²) in [6.07, 6.45) is 2.85. The minimum absolute atomic E-state index is 0.142. The molecule has 1 aromatic carbocycles. The fourth-order valence-corrected chi connectivity index (χ4v) is 3.10. The Balaban J connectivity index is 1.76. The number of hydrogen-bond donors (Lipinski definition) is 3. The van der Waals surface area contributed by atoms with Crippen molar-refractivity contribution in [2.45, 2.75) is 52.1 Å². The molecule has 9 heteroatoms. The zero-order valence-electron chi connectivity index (χ0n) is 18.9. The first-order valence-electron chi connectivity index (χ1n) is 10.5. The molecule has 0 radical (unpaired) electrons. The third-order valence-corrected chi connectivity index (χ3v) is 5.75. The largest absolute Gasteiger partial charge is 0.492 e. The van der Waals surface area contributed by atoms with E-state index in [1.807, 2.05) is 64.1 Å². The minimum Gasteiger partial charge on any atom is -0.445 e. The predicted octanol–water partition coefficient (Wildman–Crippen LogP) is 3.10. The summed E-state index contributed by atoms with van der Waals surface area (Å²) in [6.45, 7) is 7.92. The first-order valence-corrected chi connectivity index (χ1v) is 10.5. The van der Waals surface area contributed by atoms with E-state index in [-0.39, 0.29) is 25.6 Å². The number of anilines is 1. The Labute approximate surface area is 188 Å². The number of amides is 1. The second kappa shape index (κ2) is 9.73. The molecule has 0 atom stereocenters. The molecule has 8 nitrogen and oxygen atoms in total. The molecule has 0 saturated carbocycles. The smallest absolute Gasteiger partial charge is 0.445 e. The van der Waals surface area contributed by atoms with Gasteiger partial charge in [0.05, 0.1) is 17.8 Å². The van der Waals surface area contributed by atoms with E-state index in [0.717, 1.165) is 5.56 Å². The van der Waals surface area contributed by atoms with Gasteiger partial charge in [0.1, 0.15) is 12.4 Å². The first-order chi connectivity index (χ1) is 15.1. The van der Waals surface area contributed by atoms with E-state index in [2.05, 4.69) is 10.3 Å². The van der Waals surface area contributed by atoms with E-state index in [1.54, 1.807) is 12.3 Å². The Bertz CT molecular complexity index is 963. The van der Waals surface area contributed by atoms with Crippen LogP contribution in [-0.2, 0) is 27.3 Å². The number of aromatic nitrogens is 1. The molecule has 1 fully saturated rings. The monoisotopic (exact) mass is 439 g/mol. The summed E-state index contributed by atoms with van der Waals surface area (Å²) < 4.78 is 17.6. The molecule has 1 saturated heterocycles. The van der Waals surface area contributed by atoms with Crippen LogP contribution in [0.15, 0.2) is 48.1 Å². The lowest BCUT2D eigenvalue weighted by atomic mass is 9.77. The Morgan fingerprint density at radius 3 is 2.50 bits per heavy atom. The summed E-state index contributed by atoms with van der Waals surface area (Å²) in [5.41, 5.74) is 7.50. The summed E-state index contributed by atoms with van der Waals surface area (Å²) in [4.78, 5) is 16.4. The van der Waals surface area contributed by atoms with Gasteiger partial charge in [0.25, 0.3) is 0 Å². The van der Waals surface area contributed by atoms with Gasteiger partial charge >= 0.3 is 13.2 Å². The van der Waals surface area contributed by atoms with Gasteiger partial charge in [0.2, 0.25) is 0 Å². The molecule has 1 aromatic heterocycles. The second-order valence-electron chi connectivity index (χ2n) is 8.69. The lowest BCUT2D eigenvalue weighted by Crippen LogP contribution is -2.41. The quantitative estimate of drug-likeness (QED) is 0.568. The molecule has 0 spiro atoms. The topological polar surface area (TPSA) is 116 Å². The molecule has 4 N–H and O–H groups in total. The van der Waals surface area contributed by atoms with Gasteiger partial charge in [-0.25, -0.2) is 9.78 Å². The van der Waals surface area contributed by atoms with E-state index in [0.29, 0.717) is 16.6 Å². The average Bonchev–Trinajstić information content (AvgIpc) is 2.98. The number of nitrogen functional groups attached to an aromatic ring is 1. The van der Waals surface area contributed by atoms with Crippen molar-refractivity contribution in [3.05, 3.63) is 64.8 Å². The molecule has 2 aromatic rings. The van der Waals surface area contributed by atoms with Gasteiger partial charge in [-0.2, -0.15) is 0 Å². The van der Waals surface area contributed by atoms with Crippen molar-refractivity contribution in [1.82, 2.24) is 10.3 Å². The van der Waals surface area contributed by atoms with Crippen LogP contribution in [0, 0.1) is 0 Å². The summed E-state index contributed by atoms with van der Waals surface area (Å²) in [6, 6.07) is 11.2. The molecular weight excluding hydrogens is 409 g/mol. The Kier molecular flexibility index (Phi) is 7.23. The standard InChI is InChI=1S/C23H30BN3O5/c1-22(2)23(3,4)32-24(31-22)19(11-17-10-18(14-28)20(25)26-12-17)13-27-21(29)30-15-16-8-6-5-7-9-16/h5-12,28H,13-15H2,1-4H3,(H2,25,26)(H,27,29). The maximum Gasteiger partial charge on any atom is 0.492 e. The molecule has 32 heavy (non-hydrogen) atoms.